The number of hydrogen-bond donors (Lipinski definition) is 3. The highest BCUT2D eigenvalue weighted by molar-refractivity contribution is 6.03. The summed E-state index contributed by atoms with van der Waals surface area (Å²) >= 11 is 0. The lowest BCUT2D eigenvalue weighted by atomic mass is 9.92. The first-order valence-electron chi connectivity index (χ1n) is 15.5. The smallest absolute Gasteiger partial charge is 0.235 e. The Bertz CT molecular complexity index is 1970. The molecule has 0 bridgehead atoms. The highest BCUT2D eigenvalue weighted by Gasteiger charge is 2.33. The molecule has 0 aliphatic carbocycles. The van der Waals surface area contributed by atoms with Crippen molar-refractivity contribution in [2.75, 3.05) is 47.7 Å². The molecule has 2 aromatic heterocycles. The van der Waals surface area contributed by atoms with Gasteiger partial charge in [-0.1, -0.05) is 0 Å². The fourth-order valence-corrected chi connectivity index (χ4v) is 6.69. The quantitative estimate of drug-likeness (QED) is 0.256. The van der Waals surface area contributed by atoms with Crippen molar-refractivity contribution in [3.63, 3.8) is 0 Å². The average Bonchev–Trinajstić information content (AvgIpc) is 3.54. The molecule has 3 N–H and O–H groups in total. The fraction of sp³-hybridized carbons (Fsp3) is 0.364. The van der Waals surface area contributed by atoms with E-state index in [0.717, 1.165) is 39.9 Å². The van der Waals surface area contributed by atoms with E-state index in [0.29, 0.717) is 55.4 Å². The first-order valence-corrected chi connectivity index (χ1v) is 15.5. The number of ether oxygens (including phenoxy) is 1. The second kappa shape index (κ2) is 12.0. The molecule has 0 spiro atoms. The molecule has 4 aromatic rings. The van der Waals surface area contributed by atoms with Crippen molar-refractivity contribution in [1.82, 2.24) is 25.1 Å². The molecule has 2 saturated heterocycles. The van der Waals surface area contributed by atoms with Gasteiger partial charge >= 0.3 is 0 Å². The van der Waals surface area contributed by atoms with Crippen molar-refractivity contribution in [3.05, 3.63) is 59.4 Å². The summed E-state index contributed by atoms with van der Waals surface area (Å²) < 4.78 is 7.69. The van der Waals surface area contributed by atoms with E-state index in [9.17, 15) is 19.6 Å². The van der Waals surface area contributed by atoms with Gasteiger partial charge in [-0.25, -0.2) is 4.98 Å². The van der Waals surface area contributed by atoms with Crippen LogP contribution in [-0.4, -0.2) is 76.9 Å². The van der Waals surface area contributed by atoms with E-state index in [1.165, 1.54) is 6.20 Å². The zero-order valence-electron chi connectivity index (χ0n) is 26.3. The number of likely N-dealkylation sites (N-methyl/N-ethyl adjacent to an activating group) is 1. The van der Waals surface area contributed by atoms with E-state index in [1.807, 2.05) is 48.3 Å². The number of fused-ring (bicyclic) bond motifs is 2. The van der Waals surface area contributed by atoms with Crippen LogP contribution in [0, 0.1) is 11.3 Å². The van der Waals surface area contributed by atoms with E-state index in [4.69, 9.17) is 9.72 Å². The third kappa shape index (κ3) is 5.59. The number of hydrogen-bond acceptors (Lipinski definition) is 11. The van der Waals surface area contributed by atoms with Crippen LogP contribution in [0.2, 0.25) is 0 Å². The molecule has 2 fully saturated rings. The summed E-state index contributed by atoms with van der Waals surface area (Å²) in [4.78, 5) is 49.2. The maximum atomic E-state index is 12.5. The van der Waals surface area contributed by atoms with Gasteiger partial charge in [-0.3, -0.25) is 24.4 Å². The van der Waals surface area contributed by atoms with Crippen LogP contribution in [0.5, 0.6) is 0 Å². The van der Waals surface area contributed by atoms with Gasteiger partial charge < -0.3 is 25.2 Å². The lowest BCUT2D eigenvalue weighted by molar-refractivity contribution is -0.134. The summed E-state index contributed by atoms with van der Waals surface area (Å²) in [5.41, 5.74) is 5.31. The van der Waals surface area contributed by atoms with Gasteiger partial charge in [-0.15, -0.1) is 0 Å². The van der Waals surface area contributed by atoms with Gasteiger partial charge in [-0.05, 0) is 54.8 Å². The third-order valence-electron chi connectivity index (χ3n) is 9.26. The fourth-order valence-electron chi connectivity index (χ4n) is 6.69. The molecule has 47 heavy (non-hydrogen) atoms. The Hall–Kier alpha value is -5.55. The van der Waals surface area contributed by atoms with Crippen molar-refractivity contribution >= 4 is 57.5 Å². The van der Waals surface area contributed by atoms with Crippen molar-refractivity contribution in [1.29, 1.82) is 5.26 Å². The highest BCUT2D eigenvalue weighted by Crippen LogP contribution is 2.34. The normalized spacial score (nSPS) is 21.1. The number of benzene rings is 2. The van der Waals surface area contributed by atoms with Crippen molar-refractivity contribution in [2.45, 2.75) is 43.7 Å². The molecule has 3 aliphatic rings. The number of rotatable bonds is 7. The van der Waals surface area contributed by atoms with Crippen LogP contribution in [0.4, 0.5) is 28.8 Å². The number of anilines is 5. The molecule has 3 atom stereocenters. The topological polar surface area (TPSA) is 170 Å². The van der Waals surface area contributed by atoms with E-state index in [1.54, 1.807) is 23.7 Å². The Balaban J connectivity index is 1.06. The summed E-state index contributed by atoms with van der Waals surface area (Å²) in [6.45, 7) is 1.18. The second-order valence-electron chi connectivity index (χ2n) is 12.1. The van der Waals surface area contributed by atoms with Crippen LogP contribution >= 0.6 is 0 Å². The zero-order chi connectivity index (χ0) is 32.8. The monoisotopic (exact) mass is 634 g/mol. The molecule has 2 aromatic carbocycles. The summed E-state index contributed by atoms with van der Waals surface area (Å²) in [5.74, 6) is -0.0886. The van der Waals surface area contributed by atoms with Gasteiger partial charge in [0.2, 0.25) is 23.7 Å². The Morgan fingerprint density at radius 3 is 2.70 bits per heavy atom. The molecular formula is C33H34N10O4. The maximum Gasteiger partial charge on any atom is 0.235 e. The standard InChI is InChI=1S/C33H34N10O4/c1-41-25-8-5-20(12-18(25)13-29(41)45)37-31-19(15-34)16-35-33(39-31)43-11-10-24(27(17-43)47-3)36-21-4-6-22-26(14-21)42(2)40-30(22)23-7-9-28(44)38-32(23)46/h4-6,8,12,14,16,23-24,27,36H,7,9-11,13,17H2,1-3H3,(H,35,37,39)(H,38,44,46)/t23?,24-,27-/m1/s1. The van der Waals surface area contributed by atoms with E-state index in [-0.39, 0.29) is 29.9 Å². The number of amides is 3. The van der Waals surface area contributed by atoms with Crippen LogP contribution in [-0.2, 0) is 32.6 Å². The Kier molecular flexibility index (Phi) is 7.69. The van der Waals surface area contributed by atoms with Crippen LogP contribution in [0.3, 0.4) is 0 Å². The number of nitriles is 1. The van der Waals surface area contributed by atoms with Gasteiger partial charge in [-0.2, -0.15) is 15.3 Å². The van der Waals surface area contributed by atoms with Gasteiger partial charge in [0.05, 0.1) is 41.9 Å². The SMILES string of the molecule is CO[C@@H]1CN(c2ncc(C#N)c(Nc3ccc4c(c3)CC(=O)N4C)n2)CC[C@H]1Nc1ccc2c(C3CCC(=O)NC3=O)nn(C)c2c1. The minimum absolute atomic E-state index is 0.000217. The molecule has 14 heteroatoms. The van der Waals surface area contributed by atoms with Gasteiger partial charge in [0.25, 0.3) is 0 Å². The lowest BCUT2D eigenvalue weighted by Gasteiger charge is -2.38. The van der Waals surface area contributed by atoms with E-state index in [2.05, 4.69) is 32.1 Å². The molecule has 3 aliphatic heterocycles. The number of piperidine rings is 2. The molecule has 0 radical (unpaired) electrons. The zero-order valence-corrected chi connectivity index (χ0v) is 26.3. The molecular weight excluding hydrogens is 600 g/mol. The number of methoxy groups -OCH3 is 1. The predicted molar refractivity (Wildman–Crippen MR) is 174 cm³/mol. The number of nitrogens with one attached hydrogen (secondary N) is 3. The first kappa shape index (κ1) is 30.1. The van der Waals surface area contributed by atoms with E-state index < -0.39 is 5.92 Å². The minimum atomic E-state index is -0.460. The van der Waals surface area contributed by atoms with Gasteiger partial charge in [0.1, 0.15) is 11.6 Å². The lowest BCUT2D eigenvalue weighted by Crippen LogP contribution is -2.51. The molecule has 5 heterocycles. The number of carbonyl (C=O) groups excluding carboxylic acids is 3. The maximum absolute atomic E-state index is 12.5. The number of aryl methyl sites for hydroxylation is 1. The predicted octanol–water partition coefficient (Wildman–Crippen LogP) is 2.72. The van der Waals surface area contributed by atoms with Crippen LogP contribution in [0.25, 0.3) is 10.9 Å². The summed E-state index contributed by atoms with van der Waals surface area (Å²) in [6.07, 6.45) is 3.15. The minimum Gasteiger partial charge on any atom is -0.379 e. The Morgan fingerprint density at radius 2 is 1.91 bits per heavy atom. The van der Waals surface area contributed by atoms with Gasteiger partial charge in [0, 0.05) is 63.2 Å². The van der Waals surface area contributed by atoms with E-state index >= 15 is 0 Å². The first-order chi connectivity index (χ1) is 22.7. The second-order valence-corrected chi connectivity index (χ2v) is 12.1. The van der Waals surface area contributed by atoms with Gasteiger partial charge in [0.15, 0.2) is 5.82 Å². The van der Waals surface area contributed by atoms with Crippen molar-refractivity contribution in [3.8, 4) is 6.07 Å². The number of carbonyl (C=O) groups is 3. The third-order valence-corrected chi connectivity index (χ3v) is 9.26. The summed E-state index contributed by atoms with van der Waals surface area (Å²) in [5, 5.41) is 24.6. The molecule has 3 amide bonds. The Morgan fingerprint density at radius 1 is 1.09 bits per heavy atom. The summed E-state index contributed by atoms with van der Waals surface area (Å²) in [6, 6.07) is 13.8. The van der Waals surface area contributed by atoms with Crippen LogP contribution < -0.4 is 25.8 Å². The van der Waals surface area contributed by atoms with Crippen molar-refractivity contribution in [2.24, 2.45) is 7.05 Å². The van der Waals surface area contributed by atoms with Crippen LogP contribution in [0.1, 0.15) is 42.0 Å². The summed E-state index contributed by atoms with van der Waals surface area (Å²) in [7, 11) is 5.29. The largest absolute Gasteiger partial charge is 0.379 e. The Labute approximate surface area is 270 Å². The van der Waals surface area contributed by atoms with Crippen LogP contribution in [0.15, 0.2) is 42.6 Å². The molecule has 240 valence electrons. The molecule has 14 nitrogen and oxygen atoms in total. The number of imide groups is 1. The number of aromatic nitrogens is 4. The van der Waals surface area contributed by atoms with Crippen molar-refractivity contribution < 1.29 is 19.1 Å². The highest BCUT2D eigenvalue weighted by atomic mass is 16.5. The molecule has 7 rings (SSSR count). The number of nitrogens with zero attached hydrogens (tertiary/aromatic N) is 7. The molecule has 0 saturated carbocycles. The molecule has 1 unspecified atom stereocenters. The average molecular weight is 635 g/mol.